The van der Waals surface area contributed by atoms with E-state index >= 15 is 0 Å². The van der Waals surface area contributed by atoms with Crippen LogP contribution in [0.3, 0.4) is 0 Å². The highest BCUT2D eigenvalue weighted by atomic mass is 32.1. The standard InChI is InChI=1S/C14H15N3OS/c1-8-4-5-9-11(7-8)19-14-16-12(13(15)17(9)14)10-3-2-6-18-10/h2-3,6,8H,4-5,7,15H2,1H3. The number of aryl methyl sites for hydroxylation is 1. The van der Waals surface area contributed by atoms with Crippen molar-refractivity contribution in [2.45, 2.75) is 26.2 Å². The molecule has 3 heterocycles. The first-order valence-electron chi connectivity index (χ1n) is 6.56. The van der Waals surface area contributed by atoms with Crippen molar-refractivity contribution in [3.63, 3.8) is 0 Å². The summed E-state index contributed by atoms with van der Waals surface area (Å²) in [6.45, 7) is 2.31. The number of fused-ring (bicyclic) bond motifs is 3. The summed E-state index contributed by atoms with van der Waals surface area (Å²) in [5, 5.41) is 0. The Morgan fingerprint density at radius 2 is 2.42 bits per heavy atom. The number of nitrogens with two attached hydrogens (primary N) is 1. The van der Waals surface area contributed by atoms with Crippen LogP contribution < -0.4 is 5.73 Å². The largest absolute Gasteiger partial charge is 0.463 e. The molecule has 19 heavy (non-hydrogen) atoms. The minimum atomic E-state index is 0.706. The van der Waals surface area contributed by atoms with Gasteiger partial charge in [-0.2, -0.15) is 0 Å². The van der Waals surface area contributed by atoms with Gasteiger partial charge in [0.15, 0.2) is 10.7 Å². The molecule has 1 unspecified atom stereocenters. The van der Waals surface area contributed by atoms with Gasteiger partial charge >= 0.3 is 0 Å². The molecule has 0 aliphatic heterocycles. The zero-order valence-corrected chi connectivity index (χ0v) is 11.5. The van der Waals surface area contributed by atoms with Crippen molar-refractivity contribution in [3.8, 4) is 11.5 Å². The lowest BCUT2D eigenvalue weighted by Crippen LogP contribution is -2.11. The highest BCUT2D eigenvalue weighted by molar-refractivity contribution is 7.17. The Morgan fingerprint density at radius 3 is 3.21 bits per heavy atom. The Bertz CT molecular complexity index is 739. The second kappa shape index (κ2) is 3.87. The third-order valence-corrected chi connectivity index (χ3v) is 4.96. The molecule has 1 aliphatic carbocycles. The summed E-state index contributed by atoms with van der Waals surface area (Å²) in [5.41, 5.74) is 8.39. The zero-order chi connectivity index (χ0) is 13.0. The van der Waals surface area contributed by atoms with Gasteiger partial charge in [-0.15, -0.1) is 11.3 Å². The van der Waals surface area contributed by atoms with E-state index in [2.05, 4.69) is 16.3 Å². The number of rotatable bonds is 1. The van der Waals surface area contributed by atoms with E-state index in [1.54, 1.807) is 17.6 Å². The molecule has 0 amide bonds. The van der Waals surface area contributed by atoms with E-state index in [0.29, 0.717) is 5.82 Å². The van der Waals surface area contributed by atoms with E-state index < -0.39 is 0 Å². The quantitative estimate of drug-likeness (QED) is 0.739. The minimum Gasteiger partial charge on any atom is -0.463 e. The molecule has 4 nitrogen and oxygen atoms in total. The summed E-state index contributed by atoms with van der Waals surface area (Å²) in [6, 6.07) is 3.76. The maximum absolute atomic E-state index is 6.28. The summed E-state index contributed by atoms with van der Waals surface area (Å²) in [6.07, 6.45) is 5.12. The molecule has 3 aromatic rings. The summed E-state index contributed by atoms with van der Waals surface area (Å²) >= 11 is 1.77. The molecule has 0 spiro atoms. The molecule has 4 rings (SSSR count). The molecule has 0 aromatic carbocycles. The monoisotopic (exact) mass is 273 g/mol. The van der Waals surface area contributed by atoms with Crippen molar-refractivity contribution in [1.29, 1.82) is 0 Å². The van der Waals surface area contributed by atoms with Gasteiger partial charge in [0.05, 0.1) is 6.26 Å². The number of hydrogen-bond acceptors (Lipinski definition) is 4. The van der Waals surface area contributed by atoms with Gasteiger partial charge in [0.2, 0.25) is 0 Å². The number of thiazole rings is 1. The van der Waals surface area contributed by atoms with Crippen molar-refractivity contribution in [1.82, 2.24) is 9.38 Å². The van der Waals surface area contributed by atoms with Gasteiger partial charge in [-0.3, -0.25) is 4.40 Å². The Morgan fingerprint density at radius 1 is 1.53 bits per heavy atom. The molecule has 0 fully saturated rings. The van der Waals surface area contributed by atoms with Crippen molar-refractivity contribution < 1.29 is 4.42 Å². The summed E-state index contributed by atoms with van der Waals surface area (Å²) in [4.78, 5) is 7.08. The van der Waals surface area contributed by atoms with Crippen LogP contribution in [-0.2, 0) is 12.8 Å². The van der Waals surface area contributed by atoms with Crippen LogP contribution in [0.25, 0.3) is 16.4 Å². The predicted octanol–water partition coefficient (Wildman–Crippen LogP) is 3.36. The van der Waals surface area contributed by atoms with Gasteiger partial charge in [0, 0.05) is 10.6 Å². The molecule has 0 saturated carbocycles. The Labute approximate surface area is 114 Å². The second-order valence-corrected chi connectivity index (χ2v) is 6.32. The molecule has 3 aromatic heterocycles. The highest BCUT2D eigenvalue weighted by Gasteiger charge is 2.24. The predicted molar refractivity (Wildman–Crippen MR) is 76.4 cm³/mol. The van der Waals surface area contributed by atoms with Gasteiger partial charge in [0.25, 0.3) is 0 Å². The van der Waals surface area contributed by atoms with Crippen molar-refractivity contribution in [3.05, 3.63) is 29.0 Å². The molecule has 0 bridgehead atoms. The van der Waals surface area contributed by atoms with Crippen molar-refractivity contribution >= 4 is 22.1 Å². The van der Waals surface area contributed by atoms with E-state index in [1.165, 1.54) is 17.0 Å². The fraction of sp³-hybridized carbons (Fsp3) is 0.357. The number of anilines is 1. The first-order valence-corrected chi connectivity index (χ1v) is 7.38. The SMILES string of the molecule is CC1CCc2c(sc3nc(-c4ccco4)c(N)n23)C1. The number of hydrogen-bond donors (Lipinski definition) is 1. The highest BCUT2D eigenvalue weighted by Crippen LogP contribution is 2.37. The topological polar surface area (TPSA) is 56.5 Å². The number of nitrogens with zero attached hydrogens (tertiary/aromatic N) is 2. The first kappa shape index (κ1) is 11.1. The van der Waals surface area contributed by atoms with E-state index in [4.69, 9.17) is 10.2 Å². The fourth-order valence-corrected chi connectivity index (χ4v) is 4.18. The van der Waals surface area contributed by atoms with Crippen LogP contribution in [0.2, 0.25) is 0 Å². The average molecular weight is 273 g/mol. The Balaban J connectivity index is 1.93. The summed E-state index contributed by atoms with van der Waals surface area (Å²) < 4.78 is 7.52. The Hall–Kier alpha value is -1.75. The molecule has 5 heteroatoms. The first-order chi connectivity index (χ1) is 9.24. The van der Waals surface area contributed by atoms with E-state index in [1.807, 2.05) is 12.1 Å². The van der Waals surface area contributed by atoms with Crippen LogP contribution in [0.1, 0.15) is 23.9 Å². The fourth-order valence-electron chi connectivity index (χ4n) is 2.84. The lowest BCUT2D eigenvalue weighted by atomic mass is 9.93. The number of aromatic nitrogens is 2. The molecular formula is C14H15N3OS. The summed E-state index contributed by atoms with van der Waals surface area (Å²) in [7, 11) is 0. The van der Waals surface area contributed by atoms with Gasteiger partial charge in [-0.25, -0.2) is 4.98 Å². The second-order valence-electron chi connectivity index (χ2n) is 5.26. The molecular weight excluding hydrogens is 258 g/mol. The average Bonchev–Trinajstić information content (AvgIpc) is 3.05. The van der Waals surface area contributed by atoms with E-state index in [9.17, 15) is 0 Å². The molecule has 0 radical (unpaired) electrons. The van der Waals surface area contributed by atoms with Gasteiger partial charge in [-0.05, 0) is 37.3 Å². The maximum atomic E-state index is 6.28. The van der Waals surface area contributed by atoms with Gasteiger partial charge in [-0.1, -0.05) is 6.92 Å². The maximum Gasteiger partial charge on any atom is 0.196 e. The number of furan rings is 1. The lowest BCUT2D eigenvalue weighted by Gasteiger charge is -2.17. The summed E-state index contributed by atoms with van der Waals surface area (Å²) in [5.74, 6) is 2.21. The molecule has 2 N–H and O–H groups in total. The lowest BCUT2D eigenvalue weighted by molar-refractivity contribution is 0.499. The third kappa shape index (κ3) is 1.54. The van der Waals surface area contributed by atoms with Crippen LogP contribution in [0.5, 0.6) is 0 Å². The van der Waals surface area contributed by atoms with Gasteiger partial charge in [0.1, 0.15) is 11.5 Å². The van der Waals surface area contributed by atoms with E-state index in [0.717, 1.165) is 35.2 Å². The Kier molecular flexibility index (Phi) is 2.26. The zero-order valence-electron chi connectivity index (χ0n) is 10.7. The van der Waals surface area contributed by atoms with Crippen molar-refractivity contribution in [2.24, 2.45) is 5.92 Å². The number of nitrogen functional groups attached to an aromatic ring is 1. The number of imidazole rings is 1. The van der Waals surface area contributed by atoms with Crippen LogP contribution in [0.4, 0.5) is 5.82 Å². The molecule has 1 aliphatic rings. The van der Waals surface area contributed by atoms with Gasteiger partial charge < -0.3 is 10.2 Å². The molecule has 1 atom stereocenters. The van der Waals surface area contributed by atoms with Crippen molar-refractivity contribution in [2.75, 3.05) is 5.73 Å². The van der Waals surface area contributed by atoms with E-state index in [-0.39, 0.29) is 0 Å². The third-order valence-electron chi connectivity index (χ3n) is 3.85. The van der Waals surface area contributed by atoms with Crippen LogP contribution in [-0.4, -0.2) is 9.38 Å². The van der Waals surface area contributed by atoms with Crippen LogP contribution in [0, 0.1) is 5.92 Å². The molecule has 0 saturated heterocycles. The minimum absolute atomic E-state index is 0.706. The smallest absolute Gasteiger partial charge is 0.196 e. The van der Waals surface area contributed by atoms with Crippen LogP contribution in [0.15, 0.2) is 22.8 Å². The normalized spacial score (nSPS) is 18.9. The van der Waals surface area contributed by atoms with Crippen LogP contribution >= 0.6 is 11.3 Å². The molecule has 98 valence electrons.